The Morgan fingerprint density at radius 1 is 0.638 bits per heavy atom. The van der Waals surface area contributed by atoms with E-state index in [2.05, 4.69) is 25.2 Å². The number of hydrogen-bond donors (Lipinski definition) is 0. The molecule has 5 heteroatoms. The van der Waals surface area contributed by atoms with Crippen molar-refractivity contribution in [2.75, 3.05) is 0 Å². The largest absolute Gasteiger partial charge is 0.458 e. The Hall–Kier alpha value is -7.24. The van der Waals surface area contributed by atoms with Crippen molar-refractivity contribution in [3.05, 3.63) is 200 Å². The zero-order valence-corrected chi connectivity index (χ0v) is 31.3. The lowest BCUT2D eigenvalue weighted by Gasteiger charge is -2.17. The number of fused-ring (bicyclic) bond motifs is 4. The Bertz CT molecular complexity index is 3870. The highest BCUT2D eigenvalue weighted by atomic mass is 16.5. The Balaban J connectivity index is 1.18. The topological polar surface area (TPSA) is 35.9 Å². The normalized spacial score (nSPS) is 15.4. The molecule has 0 saturated carbocycles. The molecule has 0 unspecified atom stereocenters. The van der Waals surface area contributed by atoms with Crippen LogP contribution in [0.4, 0.5) is 0 Å². The van der Waals surface area contributed by atoms with Gasteiger partial charge in [0, 0.05) is 23.0 Å². The van der Waals surface area contributed by atoms with Gasteiger partial charge in [-0.25, -0.2) is 4.98 Å². The molecule has 0 bridgehead atoms. The molecule has 0 spiro atoms. The molecule has 10 rings (SSSR count). The maximum Gasteiger partial charge on any atom is 0.269 e. The number of rotatable bonds is 10. The van der Waals surface area contributed by atoms with E-state index in [0.717, 1.165) is 18.4 Å². The van der Waals surface area contributed by atoms with Crippen molar-refractivity contribution < 1.29 is 31.2 Å². The lowest BCUT2D eigenvalue weighted by Crippen LogP contribution is -2.31. The Labute approximate surface area is 361 Å². The van der Waals surface area contributed by atoms with Crippen LogP contribution in [0.2, 0.25) is 0 Å². The molecule has 0 radical (unpaired) electrons. The van der Waals surface area contributed by atoms with E-state index in [4.69, 9.17) is 23.9 Å². The number of imidazole rings is 1. The molecule has 0 aliphatic heterocycles. The van der Waals surface area contributed by atoms with Crippen LogP contribution < -0.4 is 9.30 Å². The Morgan fingerprint density at radius 2 is 1.33 bits per heavy atom. The summed E-state index contributed by atoms with van der Waals surface area (Å²) in [6.45, 7) is 4.16. The molecule has 0 aliphatic rings. The Morgan fingerprint density at radius 3 is 2.09 bits per heavy atom. The zero-order valence-electron chi connectivity index (χ0n) is 47.3. The number of nitrogens with zero attached hydrogens (tertiary/aromatic N) is 4. The van der Waals surface area contributed by atoms with Gasteiger partial charge in [0.15, 0.2) is 0 Å². The first kappa shape index (κ1) is 21.9. The van der Waals surface area contributed by atoms with E-state index in [1.54, 1.807) is 68.4 Å². The third-order valence-electron chi connectivity index (χ3n) is 10.3. The van der Waals surface area contributed by atoms with Crippen LogP contribution in [0.25, 0.3) is 72.3 Å². The van der Waals surface area contributed by atoms with Gasteiger partial charge in [-0.1, -0.05) is 141 Å². The van der Waals surface area contributed by atoms with E-state index in [1.807, 2.05) is 12.1 Å². The first-order valence-electron chi connectivity index (χ1n) is 26.8. The van der Waals surface area contributed by atoms with Crippen LogP contribution >= 0.6 is 0 Å². The average molecular weight is 767 g/mol. The Kier molecular flexibility index (Phi) is 5.67. The van der Waals surface area contributed by atoms with Crippen molar-refractivity contribution in [1.29, 1.82) is 0 Å². The summed E-state index contributed by atoms with van der Waals surface area (Å²) in [5, 5.41) is 0.191. The van der Waals surface area contributed by atoms with E-state index in [0.29, 0.717) is 22.5 Å². The van der Waals surface area contributed by atoms with Gasteiger partial charge >= 0.3 is 0 Å². The second-order valence-electron chi connectivity index (χ2n) is 13.6. The third kappa shape index (κ3) is 6.22. The maximum atomic E-state index is 9.37. The molecule has 280 valence electrons. The number of aromatic nitrogens is 4. The van der Waals surface area contributed by atoms with Crippen molar-refractivity contribution in [3.8, 4) is 50.9 Å². The van der Waals surface area contributed by atoms with Gasteiger partial charge in [0.1, 0.15) is 17.3 Å². The minimum Gasteiger partial charge on any atom is -0.458 e. The molecule has 0 amide bonds. The van der Waals surface area contributed by atoms with E-state index in [9.17, 15) is 2.74 Å². The predicted octanol–water partition coefficient (Wildman–Crippen LogP) is 13.2. The summed E-state index contributed by atoms with van der Waals surface area (Å²) in [6.07, 6.45) is 6.68. The van der Waals surface area contributed by atoms with Gasteiger partial charge in [-0.15, -0.1) is 0 Å². The first-order valence-corrected chi connectivity index (χ1v) is 18.8. The number of hydrogen-bond acceptors (Lipinski definition) is 2. The van der Waals surface area contributed by atoms with E-state index >= 15 is 0 Å². The van der Waals surface area contributed by atoms with Gasteiger partial charge in [-0.3, -0.25) is 13.7 Å². The molecular weight excluding hydrogens is 709 g/mol. The lowest BCUT2D eigenvalue weighted by molar-refractivity contribution is -0.571. The number of para-hydroxylation sites is 4. The fourth-order valence-corrected chi connectivity index (χ4v) is 7.61. The summed E-state index contributed by atoms with van der Waals surface area (Å²) in [4.78, 5) is 4.67. The van der Waals surface area contributed by atoms with Crippen LogP contribution in [0.15, 0.2) is 188 Å². The highest BCUT2D eigenvalue weighted by Gasteiger charge is 2.20. The molecule has 58 heavy (non-hydrogen) atoms. The molecule has 0 fully saturated rings. The van der Waals surface area contributed by atoms with Gasteiger partial charge in [0.2, 0.25) is 0 Å². The number of benzene rings is 7. The van der Waals surface area contributed by atoms with Gasteiger partial charge < -0.3 is 4.74 Å². The number of pyridine rings is 1. The van der Waals surface area contributed by atoms with Crippen LogP contribution in [-0.4, -0.2) is 14.1 Å². The summed E-state index contributed by atoms with van der Waals surface area (Å²) in [7, 11) is 0. The van der Waals surface area contributed by atoms with Crippen molar-refractivity contribution in [1.82, 2.24) is 14.1 Å². The summed E-state index contributed by atoms with van der Waals surface area (Å²) in [6, 6.07) is 15.6. The summed E-state index contributed by atoms with van der Waals surface area (Å²) in [5.74, 6) is 0.674. The smallest absolute Gasteiger partial charge is 0.269 e. The van der Waals surface area contributed by atoms with Crippen LogP contribution in [0.3, 0.4) is 0 Å². The quantitative estimate of drug-likeness (QED) is 0.103. The zero-order chi connectivity index (χ0) is 52.9. The molecule has 0 aliphatic carbocycles. The van der Waals surface area contributed by atoms with E-state index in [-0.39, 0.29) is 91.3 Å². The first-order chi connectivity index (χ1) is 35.3. The van der Waals surface area contributed by atoms with Gasteiger partial charge in [0.05, 0.1) is 55.4 Å². The maximum absolute atomic E-state index is 9.37. The lowest BCUT2D eigenvalue weighted by atomic mass is 9.95. The molecule has 0 N–H and O–H groups in total. The standard InChI is InChI=1S/C53H42N4O/c1-3-37(4-2)40-31-32-54-52(33-40)57-48-26-12-11-23-46(48)47-30-29-43(35-51(47)57)58-42-22-15-21-41(34-42)55-36-56(50-28-14-13-27-49(50)55)53-44(38-17-7-5-8-18-38)24-16-25-45(53)39-19-9-6-10-20-39/h5-35,37H,3-4H2,1-2H3/i5D,6D,7D,8D,9D,10D,11D,12D,17D,18D,19D,20D,23D,26D,29D,30D. The molecule has 7 aromatic carbocycles. The monoisotopic (exact) mass is 766 g/mol. The van der Waals surface area contributed by atoms with Crippen molar-refractivity contribution in [2.45, 2.75) is 32.6 Å². The summed E-state index contributed by atoms with van der Waals surface area (Å²) < 4.78 is 152. The minimum atomic E-state index is -0.613. The molecule has 5 nitrogen and oxygen atoms in total. The highest BCUT2D eigenvalue weighted by Crippen LogP contribution is 2.37. The average Bonchev–Trinajstić information content (AvgIpc) is 3.96. The van der Waals surface area contributed by atoms with E-state index in [1.165, 1.54) is 24.3 Å². The highest BCUT2D eigenvalue weighted by molar-refractivity contribution is 6.09. The minimum absolute atomic E-state index is 0.0673. The molecular formula is C53H42N4O. The van der Waals surface area contributed by atoms with Crippen molar-refractivity contribution >= 4 is 32.8 Å². The molecule has 3 heterocycles. The predicted molar refractivity (Wildman–Crippen MR) is 236 cm³/mol. The molecule has 0 atom stereocenters. The number of ether oxygens (including phenoxy) is 1. The van der Waals surface area contributed by atoms with Gasteiger partial charge in [-0.05, 0) is 95.0 Å². The van der Waals surface area contributed by atoms with E-state index < -0.39 is 72.5 Å². The molecule has 10 aromatic rings. The van der Waals surface area contributed by atoms with Crippen molar-refractivity contribution in [2.24, 2.45) is 0 Å². The van der Waals surface area contributed by atoms with Crippen molar-refractivity contribution in [3.63, 3.8) is 0 Å². The van der Waals surface area contributed by atoms with Crippen LogP contribution in [0.1, 0.15) is 60.1 Å². The van der Waals surface area contributed by atoms with Gasteiger partial charge in [0.25, 0.3) is 6.33 Å². The summed E-state index contributed by atoms with van der Waals surface area (Å²) in [5.41, 5.74) is 2.63. The second-order valence-corrected chi connectivity index (χ2v) is 13.6. The van der Waals surface area contributed by atoms with Crippen LogP contribution in [-0.2, 0) is 0 Å². The molecule has 0 saturated heterocycles. The van der Waals surface area contributed by atoms with Crippen LogP contribution in [0.5, 0.6) is 11.5 Å². The third-order valence-corrected chi connectivity index (χ3v) is 10.3. The second kappa shape index (κ2) is 15.0. The summed E-state index contributed by atoms with van der Waals surface area (Å²) >= 11 is 0. The fraction of sp³-hybridized carbons (Fsp3) is 0.0943. The van der Waals surface area contributed by atoms with Crippen LogP contribution in [0, 0.1) is 6.33 Å². The van der Waals surface area contributed by atoms with Gasteiger partial charge in [-0.2, -0.15) is 0 Å². The fourth-order valence-electron chi connectivity index (χ4n) is 7.61. The molecule has 3 aromatic heterocycles. The SMILES string of the molecule is [2H]c1c([2H])c([2H])c(-c2cccc(-c3c([2H])c([2H])c([2H])c([2H])c3[2H])c2-[n+]2[c-]n(-c3cccc(Oc4cc5c(c([2H])c4[2H])c4c([2H])c([2H])c([2H])c([2H])c4n5-c4cc(C(CC)CC)ccn4)c3)c3ccccc32)c([2H])c1[2H].